The lowest BCUT2D eigenvalue weighted by Crippen LogP contribution is -1.98. The van der Waals surface area contributed by atoms with E-state index in [0.29, 0.717) is 16.9 Å². The largest absolute Gasteiger partial charge is 0.489 e. The number of carbonyl (C=O) groups is 1. The molecule has 0 amide bonds. The van der Waals surface area contributed by atoms with Crippen LogP contribution in [-0.2, 0) is 6.61 Å². The van der Waals surface area contributed by atoms with Crippen molar-refractivity contribution in [2.24, 2.45) is 0 Å². The zero-order valence-corrected chi connectivity index (χ0v) is 13.4. The van der Waals surface area contributed by atoms with Crippen LogP contribution in [0.25, 0.3) is 6.08 Å². The third-order valence-electron chi connectivity index (χ3n) is 3.58. The molecule has 25 heavy (non-hydrogen) atoms. The quantitative estimate of drug-likeness (QED) is 0.485. The first-order valence-corrected chi connectivity index (χ1v) is 7.81. The van der Waals surface area contributed by atoms with E-state index in [9.17, 15) is 9.18 Å². The number of benzene rings is 2. The monoisotopic (exact) mass is 333 g/mol. The molecule has 0 bridgehead atoms. The molecule has 3 nitrogen and oxygen atoms in total. The van der Waals surface area contributed by atoms with Crippen molar-refractivity contribution in [2.45, 2.75) is 6.61 Å². The van der Waals surface area contributed by atoms with Crippen molar-refractivity contribution < 1.29 is 13.9 Å². The van der Waals surface area contributed by atoms with Gasteiger partial charge in [-0.3, -0.25) is 9.78 Å². The number of halogens is 1. The van der Waals surface area contributed by atoms with Gasteiger partial charge in [-0.25, -0.2) is 4.39 Å². The van der Waals surface area contributed by atoms with Crippen molar-refractivity contribution in [1.82, 2.24) is 4.98 Å². The Labute approximate surface area is 145 Å². The number of carbonyl (C=O) groups excluding carboxylic acids is 1. The Kier molecular flexibility index (Phi) is 5.32. The van der Waals surface area contributed by atoms with Crippen LogP contribution in [0, 0.1) is 5.82 Å². The predicted octanol–water partition coefficient (Wildman–Crippen LogP) is 4.70. The summed E-state index contributed by atoms with van der Waals surface area (Å²) in [5.74, 6) is 0.200. The zero-order valence-electron chi connectivity index (χ0n) is 13.4. The van der Waals surface area contributed by atoms with Gasteiger partial charge in [-0.2, -0.15) is 0 Å². The molecule has 0 aliphatic heterocycles. The summed E-state index contributed by atoms with van der Waals surface area (Å²) in [4.78, 5) is 16.0. The maximum atomic E-state index is 13.6. The number of allylic oxidation sites excluding steroid dienone is 1. The average Bonchev–Trinajstić information content (AvgIpc) is 2.66. The van der Waals surface area contributed by atoms with Gasteiger partial charge in [0.1, 0.15) is 18.2 Å². The highest BCUT2D eigenvalue weighted by Gasteiger charge is 2.03. The number of hydrogen-bond acceptors (Lipinski definition) is 3. The second-order valence-electron chi connectivity index (χ2n) is 5.39. The highest BCUT2D eigenvalue weighted by molar-refractivity contribution is 6.06. The maximum absolute atomic E-state index is 13.6. The molecule has 0 spiro atoms. The molecule has 0 atom stereocenters. The highest BCUT2D eigenvalue weighted by Crippen LogP contribution is 2.17. The molecule has 0 saturated carbocycles. The van der Waals surface area contributed by atoms with Crippen LogP contribution in [0.2, 0.25) is 0 Å². The van der Waals surface area contributed by atoms with Crippen molar-refractivity contribution in [3.63, 3.8) is 0 Å². The number of ether oxygens (including phenoxy) is 1. The van der Waals surface area contributed by atoms with Gasteiger partial charge in [0.05, 0.1) is 0 Å². The first-order chi connectivity index (χ1) is 12.2. The summed E-state index contributed by atoms with van der Waals surface area (Å²) < 4.78 is 19.2. The first-order valence-electron chi connectivity index (χ1n) is 7.81. The zero-order chi connectivity index (χ0) is 17.5. The minimum absolute atomic E-state index is 0.120. The van der Waals surface area contributed by atoms with E-state index in [4.69, 9.17) is 4.74 Å². The average molecular weight is 333 g/mol. The fourth-order valence-corrected chi connectivity index (χ4v) is 2.26. The van der Waals surface area contributed by atoms with Crippen molar-refractivity contribution in [2.75, 3.05) is 0 Å². The van der Waals surface area contributed by atoms with Crippen LogP contribution in [0.4, 0.5) is 4.39 Å². The third kappa shape index (κ3) is 4.61. The van der Waals surface area contributed by atoms with Crippen molar-refractivity contribution >= 4 is 11.9 Å². The minimum atomic E-state index is -0.291. The van der Waals surface area contributed by atoms with Crippen LogP contribution in [-0.4, -0.2) is 10.8 Å². The van der Waals surface area contributed by atoms with Crippen LogP contribution in [0.3, 0.4) is 0 Å². The van der Waals surface area contributed by atoms with E-state index < -0.39 is 0 Å². The smallest absolute Gasteiger partial charge is 0.187 e. The first kappa shape index (κ1) is 16.6. The van der Waals surface area contributed by atoms with E-state index in [1.165, 1.54) is 18.3 Å². The molecule has 1 heterocycles. The van der Waals surface area contributed by atoms with Crippen LogP contribution < -0.4 is 4.74 Å². The number of rotatable bonds is 6. The number of nitrogens with zero attached hydrogens (tertiary/aromatic N) is 1. The summed E-state index contributed by atoms with van der Waals surface area (Å²) in [5.41, 5.74) is 1.85. The molecule has 3 aromatic rings. The molecule has 0 fully saturated rings. The van der Waals surface area contributed by atoms with Gasteiger partial charge in [-0.05, 0) is 42.0 Å². The Bertz CT molecular complexity index is 891. The molecule has 0 aliphatic carbocycles. The molecule has 1 aromatic heterocycles. The molecule has 0 saturated heterocycles. The van der Waals surface area contributed by atoms with E-state index >= 15 is 0 Å². The molecule has 4 heteroatoms. The van der Waals surface area contributed by atoms with Crippen LogP contribution in [0.15, 0.2) is 79.1 Å². The van der Waals surface area contributed by atoms with Gasteiger partial charge < -0.3 is 4.74 Å². The molecule has 0 radical (unpaired) electrons. The standard InChI is InChI=1S/C21H16FNO2/c22-20-9-2-1-6-18(20)15-25-19-8-3-5-16(13-19)10-11-21(24)17-7-4-12-23-14-17/h1-14H,15H2/b11-10-. The number of pyridine rings is 1. The molecule has 124 valence electrons. The summed E-state index contributed by atoms with van der Waals surface area (Å²) in [7, 11) is 0. The lowest BCUT2D eigenvalue weighted by molar-refractivity contribution is 0.104. The van der Waals surface area contributed by atoms with Crippen molar-refractivity contribution in [3.05, 3.63) is 102 Å². The Morgan fingerprint density at radius 1 is 1.08 bits per heavy atom. The SMILES string of the molecule is O=C(/C=C\c1cccc(OCc2ccccc2F)c1)c1cccnc1. The van der Waals surface area contributed by atoms with E-state index in [0.717, 1.165) is 5.56 Å². The Morgan fingerprint density at radius 3 is 2.76 bits per heavy atom. The van der Waals surface area contributed by atoms with Crippen molar-refractivity contribution in [1.29, 1.82) is 0 Å². The molecule has 0 unspecified atom stereocenters. The summed E-state index contributed by atoms with van der Waals surface area (Å²) in [5, 5.41) is 0. The summed E-state index contributed by atoms with van der Waals surface area (Å²) in [6.07, 6.45) is 6.36. The second kappa shape index (κ2) is 8.02. The lowest BCUT2D eigenvalue weighted by atomic mass is 10.1. The van der Waals surface area contributed by atoms with Crippen LogP contribution >= 0.6 is 0 Å². The van der Waals surface area contributed by atoms with Gasteiger partial charge in [0.25, 0.3) is 0 Å². The van der Waals surface area contributed by atoms with Crippen molar-refractivity contribution in [3.8, 4) is 5.75 Å². The second-order valence-corrected chi connectivity index (χ2v) is 5.39. The lowest BCUT2D eigenvalue weighted by Gasteiger charge is -2.07. The summed E-state index contributed by atoms with van der Waals surface area (Å²) in [6.45, 7) is 0.147. The van der Waals surface area contributed by atoms with Crippen LogP contribution in [0.5, 0.6) is 5.75 Å². The fourth-order valence-electron chi connectivity index (χ4n) is 2.26. The van der Waals surface area contributed by atoms with Gasteiger partial charge in [-0.1, -0.05) is 36.4 Å². The van der Waals surface area contributed by atoms with Gasteiger partial charge in [0.2, 0.25) is 0 Å². The van der Waals surface area contributed by atoms with Crippen LogP contribution in [0.1, 0.15) is 21.5 Å². The topological polar surface area (TPSA) is 39.2 Å². The molecular weight excluding hydrogens is 317 g/mol. The molecule has 0 N–H and O–H groups in total. The van der Waals surface area contributed by atoms with Gasteiger partial charge in [0.15, 0.2) is 5.78 Å². The van der Waals surface area contributed by atoms with Gasteiger partial charge in [-0.15, -0.1) is 0 Å². The number of hydrogen-bond donors (Lipinski definition) is 0. The van der Waals surface area contributed by atoms with Gasteiger partial charge in [0, 0.05) is 23.5 Å². The Hall–Kier alpha value is -3.27. The van der Waals surface area contributed by atoms with E-state index in [-0.39, 0.29) is 18.2 Å². The molecule has 3 rings (SSSR count). The highest BCUT2D eigenvalue weighted by atomic mass is 19.1. The van der Waals surface area contributed by atoms with Gasteiger partial charge >= 0.3 is 0 Å². The molecule has 0 aliphatic rings. The molecular formula is C21H16FNO2. The maximum Gasteiger partial charge on any atom is 0.187 e. The van der Waals surface area contributed by atoms with E-state index in [1.54, 1.807) is 54.7 Å². The Balaban J connectivity index is 1.66. The number of aromatic nitrogens is 1. The normalized spacial score (nSPS) is 10.8. The Morgan fingerprint density at radius 2 is 1.96 bits per heavy atom. The minimum Gasteiger partial charge on any atom is -0.489 e. The number of ketones is 1. The summed E-state index contributed by atoms with van der Waals surface area (Å²) >= 11 is 0. The summed E-state index contributed by atoms with van der Waals surface area (Å²) in [6, 6.07) is 17.2. The fraction of sp³-hybridized carbons (Fsp3) is 0.0476. The predicted molar refractivity (Wildman–Crippen MR) is 94.8 cm³/mol. The van der Waals surface area contributed by atoms with E-state index in [1.807, 2.05) is 12.1 Å². The van der Waals surface area contributed by atoms with E-state index in [2.05, 4.69) is 4.98 Å². The molecule has 2 aromatic carbocycles. The third-order valence-corrected chi connectivity index (χ3v) is 3.58.